The molecule has 10 heteroatoms. The van der Waals surface area contributed by atoms with Crippen LogP contribution in [0.15, 0.2) is 29.8 Å². The summed E-state index contributed by atoms with van der Waals surface area (Å²) in [5.41, 5.74) is 1.46. The van der Waals surface area contributed by atoms with Gasteiger partial charge in [0.05, 0.1) is 41.9 Å². The summed E-state index contributed by atoms with van der Waals surface area (Å²) >= 11 is 1.49. The topological polar surface area (TPSA) is 104 Å². The molecule has 158 valence electrons. The second-order valence-electron chi connectivity index (χ2n) is 6.77. The molecule has 3 rings (SSSR count). The largest absolute Gasteiger partial charge is 0.468 e. The summed E-state index contributed by atoms with van der Waals surface area (Å²) in [5.74, 6) is -1.80. The maximum Gasteiger partial charge on any atom is 0.325 e. The van der Waals surface area contributed by atoms with E-state index in [2.05, 4.69) is 14.6 Å². The lowest BCUT2D eigenvalue weighted by atomic mass is 10.1. The van der Waals surface area contributed by atoms with Crippen molar-refractivity contribution in [2.24, 2.45) is 0 Å². The van der Waals surface area contributed by atoms with Crippen molar-refractivity contribution in [3.05, 3.63) is 35.3 Å². The Bertz CT molecular complexity index is 1060. The second kappa shape index (κ2) is 9.04. The van der Waals surface area contributed by atoms with E-state index in [1.54, 1.807) is 16.9 Å². The average molecular weight is 430 g/mol. The van der Waals surface area contributed by atoms with Crippen LogP contribution in [0.25, 0.3) is 21.6 Å². The molecule has 0 saturated carbocycles. The number of pyridine rings is 1. The van der Waals surface area contributed by atoms with Crippen LogP contribution in [0.2, 0.25) is 0 Å². The number of methoxy groups -OCH3 is 2. The van der Waals surface area contributed by atoms with E-state index in [0.717, 1.165) is 9.78 Å². The van der Waals surface area contributed by atoms with E-state index >= 15 is 0 Å². The fourth-order valence-corrected chi connectivity index (χ4v) is 3.62. The Balaban J connectivity index is 2.14. The predicted molar refractivity (Wildman–Crippen MR) is 111 cm³/mol. The Kier molecular flexibility index (Phi) is 6.46. The smallest absolute Gasteiger partial charge is 0.325 e. The molecule has 9 nitrogen and oxygen atoms in total. The number of amides is 1. The average Bonchev–Trinajstić information content (AvgIpc) is 3.41. The first-order valence-electron chi connectivity index (χ1n) is 9.20. The van der Waals surface area contributed by atoms with E-state index in [9.17, 15) is 14.4 Å². The summed E-state index contributed by atoms with van der Waals surface area (Å²) in [6.07, 6.45) is 1.57. The van der Waals surface area contributed by atoms with E-state index in [4.69, 9.17) is 4.98 Å². The molecule has 0 aliphatic carbocycles. The van der Waals surface area contributed by atoms with Crippen molar-refractivity contribution in [3.63, 3.8) is 0 Å². The Morgan fingerprint density at radius 1 is 1.17 bits per heavy atom. The number of hydrogen-bond donors (Lipinski definition) is 0. The highest BCUT2D eigenvalue weighted by molar-refractivity contribution is 7.13. The number of aromatic nitrogens is 3. The second-order valence-corrected chi connectivity index (χ2v) is 7.71. The minimum atomic E-state index is -0.645. The first-order valence-corrected chi connectivity index (χ1v) is 10.1. The van der Waals surface area contributed by atoms with Gasteiger partial charge in [-0.1, -0.05) is 6.07 Å². The molecule has 0 aliphatic heterocycles. The summed E-state index contributed by atoms with van der Waals surface area (Å²) in [6.45, 7) is 3.16. The lowest BCUT2D eigenvalue weighted by Crippen LogP contribution is -2.40. The highest BCUT2D eigenvalue weighted by Gasteiger charge is 2.26. The molecule has 0 atom stereocenters. The van der Waals surface area contributed by atoms with Crippen molar-refractivity contribution in [2.75, 3.05) is 27.3 Å². The van der Waals surface area contributed by atoms with Crippen molar-refractivity contribution in [1.82, 2.24) is 19.7 Å². The molecule has 30 heavy (non-hydrogen) atoms. The molecule has 3 aromatic rings. The van der Waals surface area contributed by atoms with E-state index in [0.29, 0.717) is 22.3 Å². The fraction of sp³-hybridized carbons (Fsp3) is 0.350. The Labute approximate surface area is 177 Å². The molecule has 0 saturated heterocycles. The zero-order valence-corrected chi connectivity index (χ0v) is 17.9. The summed E-state index contributed by atoms with van der Waals surface area (Å²) in [7, 11) is 2.44. The fourth-order valence-electron chi connectivity index (χ4n) is 2.93. The van der Waals surface area contributed by atoms with Crippen LogP contribution in [0.4, 0.5) is 0 Å². The van der Waals surface area contributed by atoms with Gasteiger partial charge >= 0.3 is 11.9 Å². The van der Waals surface area contributed by atoms with Gasteiger partial charge in [-0.15, -0.1) is 11.3 Å². The van der Waals surface area contributed by atoms with Crippen LogP contribution in [-0.2, 0) is 19.1 Å². The number of carbonyl (C=O) groups excluding carboxylic acids is 3. The molecule has 0 fully saturated rings. The number of carbonyl (C=O) groups is 3. The zero-order chi connectivity index (χ0) is 21.8. The zero-order valence-electron chi connectivity index (χ0n) is 17.1. The maximum absolute atomic E-state index is 13.4. The van der Waals surface area contributed by atoms with Gasteiger partial charge in [-0.2, -0.15) is 5.10 Å². The van der Waals surface area contributed by atoms with Gasteiger partial charge in [-0.05, 0) is 31.4 Å². The number of hydrogen-bond acceptors (Lipinski definition) is 8. The van der Waals surface area contributed by atoms with Gasteiger partial charge < -0.3 is 14.4 Å². The molecular weight excluding hydrogens is 408 g/mol. The van der Waals surface area contributed by atoms with Gasteiger partial charge in [0.2, 0.25) is 0 Å². The molecule has 3 heterocycles. The van der Waals surface area contributed by atoms with Crippen molar-refractivity contribution in [2.45, 2.75) is 19.9 Å². The van der Waals surface area contributed by atoms with Gasteiger partial charge in [-0.25, -0.2) is 9.67 Å². The summed E-state index contributed by atoms with van der Waals surface area (Å²) in [4.78, 5) is 43.8. The standard InChI is InChI=1S/C20H22N4O5S/c1-12(2)24-19-14(9-21-24)13(8-15(22-19)16-6-5-7-30-16)20(27)23(10-17(25)28-3)11-18(26)29-4/h5-9,12H,10-11H2,1-4H3. The van der Waals surface area contributed by atoms with Crippen LogP contribution >= 0.6 is 11.3 Å². The Morgan fingerprint density at radius 3 is 2.37 bits per heavy atom. The van der Waals surface area contributed by atoms with Gasteiger partial charge in [0.15, 0.2) is 5.65 Å². The predicted octanol–water partition coefficient (Wildman–Crippen LogP) is 2.53. The first-order chi connectivity index (χ1) is 14.3. The van der Waals surface area contributed by atoms with Crippen molar-refractivity contribution >= 4 is 40.2 Å². The molecular formula is C20H22N4O5S. The van der Waals surface area contributed by atoms with Crippen LogP contribution in [0.1, 0.15) is 30.2 Å². The van der Waals surface area contributed by atoms with Crippen LogP contribution in [0, 0.1) is 0 Å². The minimum Gasteiger partial charge on any atom is -0.468 e. The van der Waals surface area contributed by atoms with Gasteiger partial charge in [0, 0.05) is 6.04 Å². The number of fused-ring (bicyclic) bond motifs is 1. The monoisotopic (exact) mass is 430 g/mol. The number of nitrogens with zero attached hydrogens (tertiary/aromatic N) is 4. The van der Waals surface area contributed by atoms with Crippen molar-refractivity contribution in [1.29, 1.82) is 0 Å². The highest BCUT2D eigenvalue weighted by Crippen LogP contribution is 2.29. The Morgan fingerprint density at radius 2 is 1.83 bits per heavy atom. The molecule has 1 amide bonds. The summed E-state index contributed by atoms with van der Waals surface area (Å²) in [6, 6.07) is 5.49. The maximum atomic E-state index is 13.4. The minimum absolute atomic E-state index is 0.0257. The number of ether oxygens (including phenoxy) is 2. The van der Waals surface area contributed by atoms with Gasteiger partial charge in [0.1, 0.15) is 13.1 Å². The van der Waals surface area contributed by atoms with E-state index in [1.807, 2.05) is 31.4 Å². The van der Waals surface area contributed by atoms with Crippen LogP contribution in [-0.4, -0.2) is 64.8 Å². The summed E-state index contributed by atoms with van der Waals surface area (Å²) in [5, 5.41) is 6.83. The van der Waals surface area contributed by atoms with Gasteiger partial charge in [-0.3, -0.25) is 14.4 Å². The van der Waals surface area contributed by atoms with Crippen LogP contribution in [0.3, 0.4) is 0 Å². The molecule has 0 bridgehead atoms. The van der Waals surface area contributed by atoms with E-state index < -0.39 is 17.8 Å². The van der Waals surface area contributed by atoms with E-state index in [1.165, 1.54) is 25.6 Å². The molecule has 0 aliphatic rings. The molecule has 0 spiro atoms. The molecule has 0 N–H and O–H groups in total. The SMILES string of the molecule is COC(=O)CN(CC(=O)OC)C(=O)c1cc(-c2cccs2)nc2c1cnn2C(C)C. The van der Waals surface area contributed by atoms with Crippen LogP contribution < -0.4 is 0 Å². The summed E-state index contributed by atoms with van der Waals surface area (Å²) < 4.78 is 11.1. The molecule has 0 aromatic carbocycles. The number of esters is 2. The number of rotatable bonds is 7. The number of thiophene rings is 1. The third-order valence-electron chi connectivity index (χ3n) is 4.44. The first kappa shape index (κ1) is 21.4. The van der Waals surface area contributed by atoms with Gasteiger partial charge in [0.25, 0.3) is 5.91 Å². The lowest BCUT2D eigenvalue weighted by Gasteiger charge is -2.21. The normalized spacial score (nSPS) is 11.0. The molecule has 0 unspecified atom stereocenters. The lowest BCUT2D eigenvalue weighted by molar-refractivity contribution is -0.144. The van der Waals surface area contributed by atoms with Crippen LogP contribution in [0.5, 0.6) is 0 Å². The Hall–Kier alpha value is -3.27. The molecule has 3 aromatic heterocycles. The van der Waals surface area contributed by atoms with Crippen molar-refractivity contribution < 1.29 is 23.9 Å². The molecule has 0 radical (unpaired) electrons. The quantitative estimate of drug-likeness (QED) is 0.531. The van der Waals surface area contributed by atoms with Crippen molar-refractivity contribution in [3.8, 4) is 10.6 Å². The van der Waals surface area contributed by atoms with E-state index in [-0.39, 0.29) is 19.1 Å². The highest BCUT2D eigenvalue weighted by atomic mass is 32.1. The third kappa shape index (κ3) is 4.33. The third-order valence-corrected chi connectivity index (χ3v) is 5.33.